The molecule has 0 spiro atoms. The summed E-state index contributed by atoms with van der Waals surface area (Å²) in [7, 11) is 3.89. The highest BCUT2D eigenvalue weighted by molar-refractivity contribution is 5.86. The van der Waals surface area contributed by atoms with E-state index in [2.05, 4.69) is 10.6 Å². The van der Waals surface area contributed by atoms with Crippen LogP contribution in [0.1, 0.15) is 33.6 Å². The molecule has 6 nitrogen and oxygen atoms in total. The molecule has 1 rings (SSSR count). The van der Waals surface area contributed by atoms with Crippen LogP contribution in [0, 0.1) is 11.8 Å². The van der Waals surface area contributed by atoms with E-state index in [1.165, 1.54) is 0 Å². The maximum Gasteiger partial charge on any atom is 0.329 e. The summed E-state index contributed by atoms with van der Waals surface area (Å²) in [6.07, 6.45) is 1.71. The molecule has 6 heteroatoms. The van der Waals surface area contributed by atoms with Crippen LogP contribution in [0.2, 0.25) is 0 Å². The van der Waals surface area contributed by atoms with Gasteiger partial charge in [0.15, 0.2) is 0 Å². The van der Waals surface area contributed by atoms with E-state index >= 15 is 0 Å². The number of nitrogens with zero attached hydrogens (tertiary/aromatic N) is 1. The summed E-state index contributed by atoms with van der Waals surface area (Å²) in [5.41, 5.74) is -1.16. The molecule has 0 heterocycles. The number of nitrogens with one attached hydrogen (secondary N) is 2. The van der Waals surface area contributed by atoms with Gasteiger partial charge in [-0.15, -0.1) is 0 Å². The van der Waals surface area contributed by atoms with Crippen molar-refractivity contribution < 1.29 is 14.7 Å². The van der Waals surface area contributed by atoms with Gasteiger partial charge in [-0.2, -0.15) is 0 Å². The molecule has 2 atom stereocenters. The SMILES string of the molecule is CC(C)C(CN(C)C)NC(=O)NC(C)(C(=O)O)C1CC1. The molecule has 0 aromatic rings. The second-order valence-corrected chi connectivity index (χ2v) is 6.49. The first kappa shape index (κ1) is 16.8. The third kappa shape index (κ3) is 4.37. The Balaban J connectivity index is 2.62. The van der Waals surface area contributed by atoms with Crippen LogP contribution in [0.25, 0.3) is 0 Å². The molecule has 0 aromatic carbocycles. The first-order valence-corrected chi connectivity index (χ1v) is 7.13. The number of carboxylic acid groups (broad SMARTS) is 1. The summed E-state index contributed by atoms with van der Waals surface area (Å²) >= 11 is 0. The van der Waals surface area contributed by atoms with Gasteiger partial charge >= 0.3 is 12.0 Å². The van der Waals surface area contributed by atoms with Crippen molar-refractivity contribution in [1.82, 2.24) is 15.5 Å². The van der Waals surface area contributed by atoms with E-state index in [1.807, 2.05) is 32.8 Å². The Labute approximate surface area is 120 Å². The van der Waals surface area contributed by atoms with Gasteiger partial charge in [0, 0.05) is 12.6 Å². The molecule has 0 radical (unpaired) electrons. The van der Waals surface area contributed by atoms with Crippen molar-refractivity contribution >= 4 is 12.0 Å². The van der Waals surface area contributed by atoms with Crippen LogP contribution >= 0.6 is 0 Å². The van der Waals surface area contributed by atoms with Gasteiger partial charge in [0.25, 0.3) is 0 Å². The highest BCUT2D eigenvalue weighted by Crippen LogP contribution is 2.39. The molecule has 2 unspecified atom stereocenters. The Morgan fingerprint density at radius 1 is 1.35 bits per heavy atom. The predicted octanol–water partition coefficient (Wildman–Crippen LogP) is 1.13. The number of carbonyl (C=O) groups excluding carboxylic acids is 1. The lowest BCUT2D eigenvalue weighted by atomic mass is 9.96. The van der Waals surface area contributed by atoms with E-state index in [1.54, 1.807) is 6.92 Å². The minimum absolute atomic E-state index is 0.0118. The van der Waals surface area contributed by atoms with Crippen molar-refractivity contribution in [3.8, 4) is 0 Å². The largest absolute Gasteiger partial charge is 0.480 e. The van der Waals surface area contributed by atoms with Gasteiger partial charge < -0.3 is 20.6 Å². The van der Waals surface area contributed by atoms with E-state index < -0.39 is 17.5 Å². The summed E-state index contributed by atoms with van der Waals surface area (Å²) in [6.45, 7) is 6.37. The van der Waals surface area contributed by atoms with Crippen LogP contribution in [0.5, 0.6) is 0 Å². The first-order valence-electron chi connectivity index (χ1n) is 7.13. The molecule has 1 saturated carbocycles. The second-order valence-electron chi connectivity index (χ2n) is 6.49. The second kappa shape index (κ2) is 6.43. The van der Waals surface area contributed by atoms with Crippen LogP contribution < -0.4 is 10.6 Å². The zero-order chi connectivity index (χ0) is 15.5. The highest BCUT2D eigenvalue weighted by atomic mass is 16.4. The topological polar surface area (TPSA) is 81.7 Å². The fraction of sp³-hybridized carbons (Fsp3) is 0.857. The van der Waals surface area contributed by atoms with Gasteiger partial charge in [0.05, 0.1) is 0 Å². The van der Waals surface area contributed by atoms with Gasteiger partial charge in [-0.3, -0.25) is 0 Å². The molecule has 1 aliphatic carbocycles. The summed E-state index contributed by atoms with van der Waals surface area (Å²) in [6, 6.07) is -0.412. The number of amides is 2. The van der Waals surface area contributed by atoms with Crippen LogP contribution in [0.4, 0.5) is 4.79 Å². The van der Waals surface area contributed by atoms with Crippen molar-refractivity contribution in [2.24, 2.45) is 11.8 Å². The molecule has 3 N–H and O–H groups in total. The molecule has 20 heavy (non-hydrogen) atoms. The minimum atomic E-state index is -1.16. The first-order chi connectivity index (χ1) is 9.16. The number of carbonyl (C=O) groups is 2. The summed E-state index contributed by atoms with van der Waals surface area (Å²) in [5, 5.41) is 14.9. The van der Waals surface area contributed by atoms with E-state index in [0.717, 1.165) is 19.4 Å². The molecule has 0 aliphatic heterocycles. The maximum absolute atomic E-state index is 12.1. The number of hydrogen-bond donors (Lipinski definition) is 3. The minimum Gasteiger partial charge on any atom is -0.480 e. The van der Waals surface area contributed by atoms with E-state index in [4.69, 9.17) is 0 Å². The van der Waals surface area contributed by atoms with Gasteiger partial charge in [0.1, 0.15) is 5.54 Å². The zero-order valence-corrected chi connectivity index (χ0v) is 13.1. The van der Waals surface area contributed by atoms with Crippen molar-refractivity contribution in [3.05, 3.63) is 0 Å². The molecular weight excluding hydrogens is 258 g/mol. The van der Waals surface area contributed by atoms with Gasteiger partial charge in [-0.05, 0) is 45.7 Å². The lowest BCUT2D eigenvalue weighted by molar-refractivity contribution is -0.144. The lowest BCUT2D eigenvalue weighted by Gasteiger charge is -2.30. The normalized spacial score (nSPS) is 19.6. The summed E-state index contributed by atoms with van der Waals surface area (Å²) < 4.78 is 0. The number of aliphatic carboxylic acids is 1. The summed E-state index contributed by atoms with van der Waals surface area (Å²) in [4.78, 5) is 25.5. The molecule has 1 aliphatic rings. The molecule has 0 saturated heterocycles. The summed E-state index contributed by atoms with van der Waals surface area (Å²) in [5.74, 6) is -0.652. The lowest BCUT2D eigenvalue weighted by Crippen LogP contribution is -2.59. The monoisotopic (exact) mass is 285 g/mol. The Morgan fingerprint density at radius 3 is 2.25 bits per heavy atom. The third-order valence-electron chi connectivity index (χ3n) is 3.89. The standard InChI is InChI=1S/C14H27N3O3/c1-9(2)11(8-17(4)5)15-13(20)16-14(3,12(18)19)10-6-7-10/h9-11H,6-8H2,1-5H3,(H,18,19)(H2,15,16,20). The third-order valence-corrected chi connectivity index (χ3v) is 3.89. The van der Waals surface area contributed by atoms with Crippen molar-refractivity contribution in [1.29, 1.82) is 0 Å². The maximum atomic E-state index is 12.1. The fourth-order valence-electron chi connectivity index (χ4n) is 2.25. The highest BCUT2D eigenvalue weighted by Gasteiger charge is 2.48. The van der Waals surface area contributed by atoms with E-state index in [9.17, 15) is 14.7 Å². The smallest absolute Gasteiger partial charge is 0.329 e. The number of urea groups is 1. The zero-order valence-electron chi connectivity index (χ0n) is 13.1. The Hall–Kier alpha value is -1.30. The van der Waals surface area contributed by atoms with Crippen molar-refractivity contribution in [3.63, 3.8) is 0 Å². The quantitative estimate of drug-likeness (QED) is 0.655. The Kier molecular flexibility index (Phi) is 5.39. The van der Waals surface area contributed by atoms with Crippen molar-refractivity contribution in [2.45, 2.75) is 45.2 Å². The average molecular weight is 285 g/mol. The Bertz CT molecular complexity index is 367. The molecule has 1 fully saturated rings. The number of hydrogen-bond acceptors (Lipinski definition) is 3. The van der Waals surface area contributed by atoms with E-state index in [-0.39, 0.29) is 17.9 Å². The van der Waals surface area contributed by atoms with Crippen LogP contribution in [-0.4, -0.2) is 54.2 Å². The number of likely N-dealkylation sites (N-methyl/N-ethyl adjacent to an activating group) is 1. The Morgan fingerprint density at radius 2 is 1.90 bits per heavy atom. The number of rotatable bonds is 7. The predicted molar refractivity (Wildman–Crippen MR) is 77.6 cm³/mol. The van der Waals surface area contributed by atoms with Gasteiger partial charge in [-0.25, -0.2) is 9.59 Å². The number of carboxylic acids is 1. The molecule has 0 aromatic heterocycles. The van der Waals surface area contributed by atoms with Crippen LogP contribution in [-0.2, 0) is 4.79 Å². The van der Waals surface area contributed by atoms with Gasteiger partial charge in [0.2, 0.25) is 0 Å². The molecular formula is C14H27N3O3. The van der Waals surface area contributed by atoms with Gasteiger partial charge in [-0.1, -0.05) is 13.8 Å². The van der Waals surface area contributed by atoms with Crippen LogP contribution in [0.15, 0.2) is 0 Å². The molecule has 2 amide bonds. The molecule has 116 valence electrons. The average Bonchev–Trinajstić information content (AvgIpc) is 3.10. The molecule has 0 bridgehead atoms. The fourth-order valence-corrected chi connectivity index (χ4v) is 2.25. The van der Waals surface area contributed by atoms with E-state index in [0.29, 0.717) is 0 Å². The van der Waals surface area contributed by atoms with Crippen molar-refractivity contribution in [2.75, 3.05) is 20.6 Å². The van der Waals surface area contributed by atoms with Crippen LogP contribution in [0.3, 0.4) is 0 Å².